The van der Waals surface area contributed by atoms with Crippen molar-refractivity contribution in [3.63, 3.8) is 0 Å². The summed E-state index contributed by atoms with van der Waals surface area (Å²) in [6.07, 6.45) is 5.09. The van der Waals surface area contributed by atoms with Crippen molar-refractivity contribution >= 4 is 5.69 Å². The van der Waals surface area contributed by atoms with Crippen LogP contribution in [0.25, 0.3) is 11.1 Å². The van der Waals surface area contributed by atoms with E-state index in [1.807, 2.05) is 24.5 Å². The molecule has 21 heavy (non-hydrogen) atoms. The number of aromatic nitrogens is 1. The second-order valence-corrected chi connectivity index (χ2v) is 4.47. The first-order valence-electron chi connectivity index (χ1n) is 6.47. The highest BCUT2D eigenvalue weighted by atomic mass is 127. The van der Waals surface area contributed by atoms with Crippen molar-refractivity contribution in [2.24, 2.45) is 0 Å². The molecule has 0 N–H and O–H groups in total. The van der Waals surface area contributed by atoms with Gasteiger partial charge < -0.3 is 28.7 Å². The highest BCUT2D eigenvalue weighted by Gasteiger charge is 2.15. The fraction of sp³-hybridized carbons (Fsp3) is 0.267. The Morgan fingerprint density at radius 2 is 1.86 bits per heavy atom. The summed E-state index contributed by atoms with van der Waals surface area (Å²) in [7, 11) is 1.44. The lowest BCUT2D eigenvalue weighted by Crippen LogP contribution is -3.00. The Kier molecular flexibility index (Phi) is 6.54. The van der Waals surface area contributed by atoms with Gasteiger partial charge in [-0.15, -0.1) is 0 Å². The van der Waals surface area contributed by atoms with Crippen LogP contribution < -0.4 is 33.3 Å². The van der Waals surface area contributed by atoms with Crippen LogP contribution in [0.3, 0.4) is 0 Å². The largest absolute Gasteiger partial charge is 1.00 e. The number of aryl methyl sites for hydroxylation is 1. The minimum Gasteiger partial charge on any atom is -1.00 e. The van der Waals surface area contributed by atoms with E-state index in [9.17, 15) is 10.1 Å². The van der Waals surface area contributed by atoms with Gasteiger partial charge in [-0.05, 0) is 23.3 Å². The minimum atomic E-state index is -0.442. The van der Waals surface area contributed by atoms with E-state index in [2.05, 4.69) is 11.5 Å². The zero-order chi connectivity index (χ0) is 14.5. The van der Waals surface area contributed by atoms with E-state index in [4.69, 9.17) is 4.74 Å². The van der Waals surface area contributed by atoms with Crippen LogP contribution in [0, 0.1) is 10.1 Å². The molecule has 1 aromatic carbocycles. The molecule has 0 aliphatic rings. The average molecular weight is 400 g/mol. The summed E-state index contributed by atoms with van der Waals surface area (Å²) < 4.78 is 7.19. The van der Waals surface area contributed by atoms with E-state index >= 15 is 0 Å². The van der Waals surface area contributed by atoms with Crippen LogP contribution in [0.5, 0.6) is 5.75 Å². The summed E-state index contributed by atoms with van der Waals surface area (Å²) in [5.41, 5.74) is 1.88. The van der Waals surface area contributed by atoms with E-state index in [1.54, 1.807) is 12.1 Å². The van der Waals surface area contributed by atoms with Crippen LogP contribution in [0.2, 0.25) is 0 Å². The van der Waals surface area contributed by atoms with Crippen LogP contribution in [-0.2, 0) is 6.54 Å². The number of nitrogens with zero attached hydrogens (tertiary/aromatic N) is 2. The predicted octanol–water partition coefficient (Wildman–Crippen LogP) is -0.0281. The molecular weight excluding hydrogens is 383 g/mol. The third-order valence-electron chi connectivity index (χ3n) is 3.08. The topological polar surface area (TPSA) is 56.2 Å². The van der Waals surface area contributed by atoms with Gasteiger partial charge in [-0.1, -0.05) is 6.92 Å². The van der Waals surface area contributed by atoms with Gasteiger partial charge >= 0.3 is 5.69 Å². The van der Waals surface area contributed by atoms with E-state index in [0.29, 0.717) is 0 Å². The Balaban J connectivity index is 0.00000220. The zero-order valence-corrected chi connectivity index (χ0v) is 14.1. The van der Waals surface area contributed by atoms with Crippen LogP contribution >= 0.6 is 0 Å². The van der Waals surface area contributed by atoms with Gasteiger partial charge in [0.05, 0.1) is 12.0 Å². The molecule has 1 heterocycles. The normalized spacial score (nSPS) is 9.81. The summed E-state index contributed by atoms with van der Waals surface area (Å²) in [5.74, 6) is 0.276. The molecule has 0 atom stereocenters. The molecular formula is C15H17IN2O3. The Bertz CT molecular complexity index is 615. The van der Waals surface area contributed by atoms with Crippen molar-refractivity contribution < 1.29 is 38.2 Å². The molecule has 0 saturated carbocycles. The third kappa shape index (κ3) is 4.13. The number of halogens is 1. The van der Waals surface area contributed by atoms with Gasteiger partial charge in [0, 0.05) is 24.6 Å². The highest BCUT2D eigenvalue weighted by Crippen LogP contribution is 2.31. The van der Waals surface area contributed by atoms with Crippen molar-refractivity contribution in [3.8, 4) is 16.9 Å². The first-order chi connectivity index (χ1) is 9.65. The highest BCUT2D eigenvalue weighted by molar-refractivity contribution is 5.67. The minimum absolute atomic E-state index is 0. The second kappa shape index (κ2) is 7.92. The fourth-order valence-electron chi connectivity index (χ4n) is 2.07. The molecule has 0 amide bonds. The van der Waals surface area contributed by atoms with Crippen LogP contribution in [0.1, 0.15) is 13.3 Å². The number of nitro benzene ring substituents is 1. The summed E-state index contributed by atoms with van der Waals surface area (Å²) in [4.78, 5) is 10.4. The molecule has 112 valence electrons. The molecule has 1 aromatic heterocycles. The Morgan fingerprint density at radius 3 is 2.38 bits per heavy atom. The maximum atomic E-state index is 10.9. The molecule has 2 rings (SSSR count). The number of hydrogen-bond acceptors (Lipinski definition) is 3. The monoisotopic (exact) mass is 400 g/mol. The molecule has 5 nitrogen and oxygen atoms in total. The molecule has 0 saturated heterocycles. The number of methoxy groups -OCH3 is 1. The SMILES string of the molecule is CCC[n+]1ccc(-c2ccc([N+](=O)[O-])c(OC)c2)cc1.[I-]. The van der Waals surface area contributed by atoms with Crippen molar-refractivity contribution in [3.05, 3.63) is 52.8 Å². The van der Waals surface area contributed by atoms with Crippen molar-refractivity contribution in [1.82, 2.24) is 0 Å². The summed E-state index contributed by atoms with van der Waals surface area (Å²) in [6.45, 7) is 3.10. The van der Waals surface area contributed by atoms with Crippen LogP contribution in [0.15, 0.2) is 42.7 Å². The maximum Gasteiger partial charge on any atom is 0.310 e. The predicted molar refractivity (Wildman–Crippen MR) is 75.6 cm³/mol. The van der Waals surface area contributed by atoms with Crippen molar-refractivity contribution in [1.29, 1.82) is 0 Å². The average Bonchev–Trinajstić information content (AvgIpc) is 2.47. The molecule has 6 heteroatoms. The van der Waals surface area contributed by atoms with E-state index < -0.39 is 4.92 Å². The molecule has 0 fully saturated rings. The first kappa shape index (κ1) is 17.4. The molecule has 0 radical (unpaired) electrons. The van der Waals surface area contributed by atoms with Crippen molar-refractivity contribution in [2.75, 3.05) is 7.11 Å². The van der Waals surface area contributed by atoms with E-state index in [0.717, 1.165) is 24.1 Å². The van der Waals surface area contributed by atoms with E-state index in [-0.39, 0.29) is 35.4 Å². The quantitative estimate of drug-likeness (QED) is 0.307. The molecule has 0 bridgehead atoms. The Hall–Kier alpha value is -1.70. The number of hydrogen-bond donors (Lipinski definition) is 0. The van der Waals surface area contributed by atoms with Gasteiger partial charge in [0.2, 0.25) is 0 Å². The molecule has 0 spiro atoms. The molecule has 0 aliphatic carbocycles. The number of rotatable bonds is 5. The second-order valence-electron chi connectivity index (χ2n) is 4.47. The number of ether oxygens (including phenoxy) is 1. The summed E-state index contributed by atoms with van der Waals surface area (Å²) in [6, 6.07) is 8.89. The summed E-state index contributed by atoms with van der Waals surface area (Å²) >= 11 is 0. The Morgan fingerprint density at radius 1 is 1.19 bits per heavy atom. The lowest BCUT2D eigenvalue weighted by atomic mass is 10.1. The number of nitro groups is 1. The van der Waals surface area contributed by atoms with E-state index in [1.165, 1.54) is 13.2 Å². The smallest absolute Gasteiger partial charge is 0.310 e. The number of benzene rings is 1. The Labute approximate surface area is 140 Å². The lowest BCUT2D eigenvalue weighted by Gasteiger charge is -2.05. The van der Waals surface area contributed by atoms with Gasteiger partial charge in [-0.2, -0.15) is 0 Å². The summed E-state index contributed by atoms with van der Waals surface area (Å²) in [5, 5.41) is 10.9. The van der Waals surface area contributed by atoms with Gasteiger partial charge in [-0.25, -0.2) is 4.57 Å². The first-order valence-corrected chi connectivity index (χ1v) is 6.47. The fourth-order valence-corrected chi connectivity index (χ4v) is 2.07. The molecule has 0 unspecified atom stereocenters. The third-order valence-corrected chi connectivity index (χ3v) is 3.08. The molecule has 0 aliphatic heterocycles. The van der Waals surface area contributed by atoms with Crippen LogP contribution in [0.4, 0.5) is 5.69 Å². The molecule has 2 aromatic rings. The van der Waals surface area contributed by atoms with Gasteiger partial charge in [0.25, 0.3) is 0 Å². The number of pyridine rings is 1. The lowest BCUT2D eigenvalue weighted by molar-refractivity contribution is -0.696. The van der Waals surface area contributed by atoms with Crippen molar-refractivity contribution in [2.45, 2.75) is 19.9 Å². The van der Waals surface area contributed by atoms with Crippen LogP contribution in [-0.4, -0.2) is 12.0 Å². The maximum absolute atomic E-state index is 10.9. The van der Waals surface area contributed by atoms with Gasteiger partial charge in [0.15, 0.2) is 18.1 Å². The standard InChI is InChI=1S/C15H17N2O3.HI/c1-3-8-16-9-6-12(7-10-16)13-4-5-14(17(18)19)15(11-13)20-2;/h4-7,9-11H,3,8H2,1-2H3;1H/q+1;/p-1. The van der Waals surface area contributed by atoms with Gasteiger partial charge in [0.1, 0.15) is 6.54 Å². The zero-order valence-electron chi connectivity index (χ0n) is 12.0. The van der Waals surface area contributed by atoms with Gasteiger partial charge in [-0.3, -0.25) is 10.1 Å².